The van der Waals surface area contributed by atoms with Gasteiger partial charge in [-0.05, 0) is 36.2 Å². The number of para-hydroxylation sites is 1. The summed E-state index contributed by atoms with van der Waals surface area (Å²) >= 11 is 1.80. The van der Waals surface area contributed by atoms with Crippen molar-refractivity contribution in [3.8, 4) is 5.75 Å². The molecule has 3 N–H and O–H groups in total. The second-order valence-electron chi connectivity index (χ2n) is 4.79. The van der Waals surface area contributed by atoms with E-state index in [1.165, 1.54) is 4.90 Å². The molecule has 0 spiro atoms. The SMILES string of the molecule is Cc1ccncc1C(NN)C1CSc2ccccc2O1. The molecule has 0 saturated heterocycles. The van der Waals surface area contributed by atoms with Gasteiger partial charge in [-0.3, -0.25) is 10.8 Å². The summed E-state index contributed by atoms with van der Waals surface area (Å²) in [7, 11) is 0. The fraction of sp³-hybridized carbons (Fsp3) is 0.267. The van der Waals surface area contributed by atoms with Gasteiger partial charge in [0.15, 0.2) is 0 Å². The molecule has 0 fully saturated rings. The second-order valence-corrected chi connectivity index (χ2v) is 5.85. The lowest BCUT2D eigenvalue weighted by Crippen LogP contribution is -2.42. The summed E-state index contributed by atoms with van der Waals surface area (Å²) in [6, 6.07) is 10.0. The molecule has 0 saturated carbocycles. The predicted molar refractivity (Wildman–Crippen MR) is 80.6 cm³/mol. The highest BCUT2D eigenvalue weighted by Crippen LogP contribution is 2.38. The van der Waals surface area contributed by atoms with E-state index in [9.17, 15) is 0 Å². The molecule has 0 aliphatic carbocycles. The molecule has 2 unspecified atom stereocenters. The minimum Gasteiger partial charge on any atom is -0.486 e. The van der Waals surface area contributed by atoms with Crippen LogP contribution in [0.5, 0.6) is 5.75 Å². The predicted octanol–water partition coefficient (Wildman–Crippen LogP) is 2.45. The number of aromatic nitrogens is 1. The van der Waals surface area contributed by atoms with Gasteiger partial charge in [0.05, 0.1) is 6.04 Å². The summed E-state index contributed by atoms with van der Waals surface area (Å²) in [4.78, 5) is 5.38. The highest BCUT2D eigenvalue weighted by atomic mass is 32.2. The zero-order valence-electron chi connectivity index (χ0n) is 11.2. The van der Waals surface area contributed by atoms with Gasteiger partial charge in [0.2, 0.25) is 0 Å². The van der Waals surface area contributed by atoms with Crippen LogP contribution in [0.3, 0.4) is 0 Å². The van der Waals surface area contributed by atoms with E-state index < -0.39 is 0 Å². The maximum atomic E-state index is 6.10. The molecule has 0 radical (unpaired) electrons. The Labute approximate surface area is 122 Å². The lowest BCUT2D eigenvalue weighted by atomic mass is 10.0. The third kappa shape index (κ3) is 2.52. The number of hydrogen-bond donors (Lipinski definition) is 2. The van der Waals surface area contributed by atoms with Crippen molar-refractivity contribution in [3.05, 3.63) is 53.9 Å². The number of thioether (sulfide) groups is 1. The van der Waals surface area contributed by atoms with Crippen LogP contribution in [0.15, 0.2) is 47.6 Å². The van der Waals surface area contributed by atoms with Crippen molar-refractivity contribution >= 4 is 11.8 Å². The summed E-state index contributed by atoms with van der Waals surface area (Å²) in [5.74, 6) is 7.55. The van der Waals surface area contributed by atoms with E-state index in [0.29, 0.717) is 0 Å². The highest BCUT2D eigenvalue weighted by molar-refractivity contribution is 7.99. The van der Waals surface area contributed by atoms with E-state index in [1.807, 2.05) is 30.5 Å². The first-order valence-electron chi connectivity index (χ1n) is 6.54. The van der Waals surface area contributed by atoms with Crippen molar-refractivity contribution in [2.75, 3.05) is 5.75 Å². The average Bonchev–Trinajstić information content (AvgIpc) is 2.50. The van der Waals surface area contributed by atoms with Gasteiger partial charge in [-0.2, -0.15) is 0 Å². The molecule has 1 aromatic heterocycles. The third-order valence-electron chi connectivity index (χ3n) is 3.50. The van der Waals surface area contributed by atoms with Crippen molar-refractivity contribution < 1.29 is 4.74 Å². The van der Waals surface area contributed by atoms with Gasteiger partial charge >= 0.3 is 0 Å². The number of rotatable bonds is 3. The topological polar surface area (TPSA) is 60.2 Å². The van der Waals surface area contributed by atoms with Gasteiger partial charge in [0.1, 0.15) is 11.9 Å². The van der Waals surface area contributed by atoms with E-state index in [1.54, 1.807) is 18.0 Å². The van der Waals surface area contributed by atoms with Crippen LogP contribution in [0.1, 0.15) is 17.2 Å². The number of nitrogens with two attached hydrogens (primary N) is 1. The number of aryl methyl sites for hydroxylation is 1. The van der Waals surface area contributed by atoms with Crippen molar-refractivity contribution in [1.29, 1.82) is 0 Å². The van der Waals surface area contributed by atoms with Crippen molar-refractivity contribution in [2.45, 2.75) is 24.0 Å². The molecular formula is C15H17N3OS. The van der Waals surface area contributed by atoms with Crippen LogP contribution < -0.4 is 16.0 Å². The molecule has 20 heavy (non-hydrogen) atoms. The molecule has 5 heteroatoms. The van der Waals surface area contributed by atoms with Crippen molar-refractivity contribution in [2.24, 2.45) is 5.84 Å². The quantitative estimate of drug-likeness (QED) is 0.671. The monoisotopic (exact) mass is 287 g/mol. The zero-order valence-corrected chi connectivity index (χ0v) is 12.1. The van der Waals surface area contributed by atoms with Gasteiger partial charge in [-0.25, -0.2) is 5.43 Å². The number of benzene rings is 1. The van der Waals surface area contributed by atoms with Gasteiger partial charge in [0.25, 0.3) is 0 Å². The molecule has 3 rings (SSSR count). The van der Waals surface area contributed by atoms with Crippen molar-refractivity contribution in [3.63, 3.8) is 0 Å². The summed E-state index contributed by atoms with van der Waals surface area (Å²) in [6.07, 6.45) is 3.63. The number of pyridine rings is 1. The van der Waals surface area contributed by atoms with Crippen LogP contribution in [0.2, 0.25) is 0 Å². The van der Waals surface area contributed by atoms with E-state index >= 15 is 0 Å². The number of hydrogen-bond acceptors (Lipinski definition) is 5. The Morgan fingerprint density at radius 2 is 2.25 bits per heavy atom. The molecule has 2 aromatic rings. The Hall–Kier alpha value is -1.56. The van der Waals surface area contributed by atoms with Crippen LogP contribution in [-0.4, -0.2) is 16.8 Å². The fourth-order valence-electron chi connectivity index (χ4n) is 2.40. The average molecular weight is 287 g/mol. The molecule has 104 valence electrons. The van der Waals surface area contributed by atoms with Crippen LogP contribution in [0, 0.1) is 6.92 Å². The van der Waals surface area contributed by atoms with Crippen LogP contribution in [-0.2, 0) is 0 Å². The highest BCUT2D eigenvalue weighted by Gasteiger charge is 2.29. The lowest BCUT2D eigenvalue weighted by molar-refractivity contribution is 0.166. The summed E-state index contributed by atoms with van der Waals surface area (Å²) in [6.45, 7) is 2.06. The first-order valence-corrected chi connectivity index (χ1v) is 7.53. The van der Waals surface area contributed by atoms with Gasteiger partial charge in [-0.15, -0.1) is 11.8 Å². The molecule has 1 aliphatic rings. The minimum atomic E-state index is -0.0652. The number of hydrazine groups is 1. The smallest absolute Gasteiger partial charge is 0.133 e. The largest absolute Gasteiger partial charge is 0.486 e. The van der Waals surface area contributed by atoms with E-state index in [-0.39, 0.29) is 12.1 Å². The van der Waals surface area contributed by atoms with E-state index in [0.717, 1.165) is 22.6 Å². The number of nitrogens with one attached hydrogen (secondary N) is 1. The maximum Gasteiger partial charge on any atom is 0.133 e. The maximum absolute atomic E-state index is 6.10. The van der Waals surface area contributed by atoms with Crippen LogP contribution >= 0.6 is 11.8 Å². The molecule has 0 amide bonds. The summed E-state index contributed by atoms with van der Waals surface area (Å²) in [5, 5.41) is 0. The molecule has 1 aromatic carbocycles. The number of nitrogens with zero attached hydrogens (tertiary/aromatic N) is 1. The Morgan fingerprint density at radius 3 is 3.05 bits per heavy atom. The zero-order chi connectivity index (χ0) is 13.9. The Balaban J connectivity index is 1.87. The molecule has 4 nitrogen and oxygen atoms in total. The van der Waals surface area contributed by atoms with Crippen molar-refractivity contribution in [1.82, 2.24) is 10.4 Å². The molecule has 1 aliphatic heterocycles. The van der Waals surface area contributed by atoms with E-state index in [4.69, 9.17) is 10.6 Å². The number of ether oxygens (including phenoxy) is 1. The summed E-state index contributed by atoms with van der Waals surface area (Å²) < 4.78 is 6.10. The van der Waals surface area contributed by atoms with Gasteiger partial charge in [-0.1, -0.05) is 12.1 Å². The third-order valence-corrected chi connectivity index (χ3v) is 4.64. The van der Waals surface area contributed by atoms with Gasteiger partial charge in [0, 0.05) is 23.0 Å². The van der Waals surface area contributed by atoms with Crippen LogP contribution in [0.4, 0.5) is 0 Å². The molecule has 2 heterocycles. The first-order chi connectivity index (χ1) is 9.79. The first kappa shape index (κ1) is 13.4. The minimum absolute atomic E-state index is 0.0113. The van der Waals surface area contributed by atoms with E-state index in [2.05, 4.69) is 23.4 Å². The standard InChI is InChI=1S/C15H17N3OS/c1-10-6-7-17-8-11(10)15(18-16)13-9-20-14-5-3-2-4-12(14)19-13/h2-8,13,15,18H,9,16H2,1H3. The van der Waals surface area contributed by atoms with Crippen LogP contribution in [0.25, 0.3) is 0 Å². The fourth-order valence-corrected chi connectivity index (χ4v) is 3.44. The Kier molecular flexibility index (Phi) is 3.91. The number of fused-ring (bicyclic) bond motifs is 1. The summed E-state index contributed by atoms with van der Waals surface area (Å²) in [5.41, 5.74) is 5.13. The molecule has 2 atom stereocenters. The lowest BCUT2D eigenvalue weighted by Gasteiger charge is -2.32. The Morgan fingerprint density at radius 1 is 1.40 bits per heavy atom. The normalized spacial score (nSPS) is 19.0. The molecular weight excluding hydrogens is 270 g/mol. The molecule has 0 bridgehead atoms. The Bertz CT molecular complexity index is 605. The second kappa shape index (κ2) is 5.83. The van der Waals surface area contributed by atoms with Gasteiger partial charge < -0.3 is 4.74 Å².